The van der Waals surface area contributed by atoms with Crippen molar-refractivity contribution in [3.8, 4) is 11.4 Å². The summed E-state index contributed by atoms with van der Waals surface area (Å²) in [6.45, 7) is 2.18. The molecular weight excluding hydrogens is 288 g/mol. The standard InChI is InChI=1S/C18H16N4O/c1-13-16(18(23)21-11-15-9-5-6-10-19-15)12-20-17(22-13)14-7-3-2-4-8-14/h2-10,12H,11H2,1H3,(H,21,23). The molecule has 3 aromatic rings. The molecule has 1 aromatic carbocycles. The molecule has 1 amide bonds. The number of rotatable bonds is 4. The van der Waals surface area contributed by atoms with E-state index in [9.17, 15) is 4.79 Å². The number of benzene rings is 1. The first kappa shape index (κ1) is 14.8. The number of carbonyl (C=O) groups is 1. The van der Waals surface area contributed by atoms with Crippen LogP contribution in [-0.4, -0.2) is 20.9 Å². The second-order valence-corrected chi connectivity index (χ2v) is 5.06. The van der Waals surface area contributed by atoms with Gasteiger partial charge in [0.1, 0.15) is 0 Å². The summed E-state index contributed by atoms with van der Waals surface area (Å²) in [5.74, 6) is 0.414. The number of pyridine rings is 1. The van der Waals surface area contributed by atoms with Crippen LogP contribution < -0.4 is 5.32 Å². The number of aryl methyl sites for hydroxylation is 1. The normalized spacial score (nSPS) is 10.3. The van der Waals surface area contributed by atoms with Crippen LogP contribution in [0.15, 0.2) is 60.9 Å². The predicted molar refractivity (Wildman–Crippen MR) is 87.6 cm³/mol. The Bertz CT molecular complexity index is 804. The van der Waals surface area contributed by atoms with Crippen LogP contribution in [0.5, 0.6) is 0 Å². The van der Waals surface area contributed by atoms with Gasteiger partial charge < -0.3 is 5.32 Å². The van der Waals surface area contributed by atoms with Gasteiger partial charge in [0.05, 0.1) is 23.5 Å². The number of nitrogens with one attached hydrogen (secondary N) is 1. The van der Waals surface area contributed by atoms with Crippen LogP contribution >= 0.6 is 0 Å². The smallest absolute Gasteiger partial charge is 0.255 e. The van der Waals surface area contributed by atoms with Crippen molar-refractivity contribution < 1.29 is 4.79 Å². The van der Waals surface area contributed by atoms with Crippen LogP contribution in [-0.2, 0) is 6.54 Å². The lowest BCUT2D eigenvalue weighted by molar-refractivity contribution is 0.0949. The van der Waals surface area contributed by atoms with Crippen molar-refractivity contribution in [2.45, 2.75) is 13.5 Å². The maximum Gasteiger partial charge on any atom is 0.255 e. The molecule has 5 nitrogen and oxygen atoms in total. The maximum atomic E-state index is 12.3. The van der Waals surface area contributed by atoms with Gasteiger partial charge in [0.2, 0.25) is 0 Å². The van der Waals surface area contributed by atoms with E-state index in [4.69, 9.17) is 0 Å². The third kappa shape index (κ3) is 3.58. The van der Waals surface area contributed by atoms with Crippen LogP contribution in [0.4, 0.5) is 0 Å². The van der Waals surface area contributed by atoms with Gasteiger partial charge in [-0.2, -0.15) is 0 Å². The van der Waals surface area contributed by atoms with E-state index in [0.717, 1.165) is 11.3 Å². The average Bonchev–Trinajstić information content (AvgIpc) is 2.61. The highest BCUT2D eigenvalue weighted by Crippen LogP contribution is 2.15. The van der Waals surface area contributed by atoms with E-state index >= 15 is 0 Å². The zero-order chi connectivity index (χ0) is 16.1. The summed E-state index contributed by atoms with van der Waals surface area (Å²) in [6.07, 6.45) is 3.27. The minimum Gasteiger partial charge on any atom is -0.346 e. The molecule has 5 heteroatoms. The Morgan fingerprint density at radius 1 is 1.04 bits per heavy atom. The summed E-state index contributed by atoms with van der Waals surface area (Å²) in [5, 5.41) is 2.83. The Morgan fingerprint density at radius 2 is 1.83 bits per heavy atom. The van der Waals surface area contributed by atoms with E-state index < -0.39 is 0 Å². The highest BCUT2D eigenvalue weighted by Gasteiger charge is 2.12. The molecule has 0 aliphatic carbocycles. The molecular formula is C18H16N4O. The van der Waals surface area contributed by atoms with Crippen LogP contribution in [0.2, 0.25) is 0 Å². The van der Waals surface area contributed by atoms with E-state index in [0.29, 0.717) is 23.6 Å². The summed E-state index contributed by atoms with van der Waals surface area (Å²) in [5.41, 5.74) is 2.86. The first-order chi connectivity index (χ1) is 11.2. The fourth-order valence-corrected chi connectivity index (χ4v) is 2.19. The summed E-state index contributed by atoms with van der Waals surface area (Å²) < 4.78 is 0. The fraction of sp³-hybridized carbons (Fsp3) is 0.111. The van der Waals surface area contributed by atoms with Gasteiger partial charge in [-0.3, -0.25) is 9.78 Å². The molecule has 0 radical (unpaired) electrons. The summed E-state index contributed by atoms with van der Waals surface area (Å²) in [7, 11) is 0. The van der Waals surface area contributed by atoms with Crippen molar-refractivity contribution >= 4 is 5.91 Å². The number of hydrogen-bond donors (Lipinski definition) is 1. The van der Waals surface area contributed by atoms with Crippen LogP contribution in [0.3, 0.4) is 0 Å². The molecule has 0 spiro atoms. The Labute approximate surface area is 134 Å². The molecule has 0 atom stereocenters. The second kappa shape index (κ2) is 6.79. The molecule has 0 saturated heterocycles. The average molecular weight is 304 g/mol. The van der Waals surface area contributed by atoms with E-state index in [1.807, 2.05) is 55.5 Å². The van der Waals surface area contributed by atoms with Gasteiger partial charge in [-0.15, -0.1) is 0 Å². The van der Waals surface area contributed by atoms with E-state index in [1.54, 1.807) is 12.4 Å². The third-order valence-corrected chi connectivity index (χ3v) is 3.41. The number of hydrogen-bond acceptors (Lipinski definition) is 4. The second-order valence-electron chi connectivity index (χ2n) is 5.06. The Kier molecular flexibility index (Phi) is 4.38. The predicted octanol–water partition coefficient (Wildman–Crippen LogP) is 2.78. The quantitative estimate of drug-likeness (QED) is 0.805. The number of nitrogens with zero attached hydrogens (tertiary/aromatic N) is 3. The first-order valence-corrected chi connectivity index (χ1v) is 7.31. The zero-order valence-electron chi connectivity index (χ0n) is 12.7. The molecule has 0 aliphatic rings. The van der Waals surface area contributed by atoms with Crippen molar-refractivity contribution in [2.24, 2.45) is 0 Å². The SMILES string of the molecule is Cc1nc(-c2ccccc2)ncc1C(=O)NCc1ccccn1. The third-order valence-electron chi connectivity index (χ3n) is 3.41. The lowest BCUT2D eigenvalue weighted by Gasteiger charge is -2.08. The van der Waals surface area contributed by atoms with Gasteiger partial charge in [0, 0.05) is 18.0 Å². The monoisotopic (exact) mass is 304 g/mol. The molecule has 2 heterocycles. The molecule has 2 aromatic heterocycles. The van der Waals surface area contributed by atoms with Crippen molar-refractivity contribution in [1.29, 1.82) is 0 Å². The van der Waals surface area contributed by atoms with Gasteiger partial charge in [-0.05, 0) is 19.1 Å². The molecule has 114 valence electrons. The van der Waals surface area contributed by atoms with Gasteiger partial charge in [-0.25, -0.2) is 9.97 Å². The highest BCUT2D eigenvalue weighted by molar-refractivity contribution is 5.95. The first-order valence-electron chi connectivity index (χ1n) is 7.31. The number of amides is 1. The van der Waals surface area contributed by atoms with Gasteiger partial charge in [-0.1, -0.05) is 36.4 Å². The van der Waals surface area contributed by atoms with Gasteiger partial charge in [0.25, 0.3) is 5.91 Å². The maximum absolute atomic E-state index is 12.3. The van der Waals surface area contributed by atoms with Crippen molar-refractivity contribution in [2.75, 3.05) is 0 Å². The Hall–Kier alpha value is -3.08. The number of aromatic nitrogens is 3. The van der Waals surface area contributed by atoms with Crippen LogP contribution in [0, 0.1) is 6.92 Å². The summed E-state index contributed by atoms with van der Waals surface area (Å²) >= 11 is 0. The lowest BCUT2D eigenvalue weighted by Crippen LogP contribution is -2.24. The van der Waals surface area contributed by atoms with Crippen LogP contribution in [0.25, 0.3) is 11.4 Å². The molecule has 0 fully saturated rings. The molecule has 3 rings (SSSR count). The summed E-state index contributed by atoms with van der Waals surface area (Å²) in [4.78, 5) is 25.2. The van der Waals surface area contributed by atoms with Gasteiger partial charge in [0.15, 0.2) is 5.82 Å². The molecule has 0 aliphatic heterocycles. The lowest BCUT2D eigenvalue weighted by atomic mass is 10.2. The molecule has 0 bridgehead atoms. The molecule has 0 saturated carbocycles. The minimum absolute atomic E-state index is 0.201. The molecule has 0 unspecified atom stereocenters. The topological polar surface area (TPSA) is 67.8 Å². The van der Waals surface area contributed by atoms with Crippen LogP contribution in [0.1, 0.15) is 21.7 Å². The minimum atomic E-state index is -0.201. The van der Waals surface area contributed by atoms with Crippen molar-refractivity contribution in [3.63, 3.8) is 0 Å². The van der Waals surface area contributed by atoms with E-state index in [-0.39, 0.29) is 5.91 Å². The number of carbonyl (C=O) groups excluding carboxylic acids is 1. The highest BCUT2D eigenvalue weighted by atomic mass is 16.1. The van der Waals surface area contributed by atoms with E-state index in [1.165, 1.54) is 0 Å². The van der Waals surface area contributed by atoms with E-state index in [2.05, 4.69) is 20.3 Å². The molecule has 23 heavy (non-hydrogen) atoms. The molecule has 1 N–H and O–H groups in total. The van der Waals surface area contributed by atoms with Gasteiger partial charge >= 0.3 is 0 Å². The fourth-order valence-electron chi connectivity index (χ4n) is 2.19. The summed E-state index contributed by atoms with van der Waals surface area (Å²) in [6, 6.07) is 15.3. The zero-order valence-corrected chi connectivity index (χ0v) is 12.7. The van der Waals surface area contributed by atoms with Crippen molar-refractivity contribution in [1.82, 2.24) is 20.3 Å². The Balaban J connectivity index is 1.74. The largest absolute Gasteiger partial charge is 0.346 e. The Morgan fingerprint density at radius 3 is 2.52 bits per heavy atom. The van der Waals surface area contributed by atoms with Crippen molar-refractivity contribution in [3.05, 3.63) is 77.9 Å².